The summed E-state index contributed by atoms with van der Waals surface area (Å²) in [4.78, 5) is 18.1. The first-order valence-electron chi connectivity index (χ1n) is 10.4. The lowest BCUT2D eigenvalue weighted by atomic mass is 10.00. The van der Waals surface area contributed by atoms with Gasteiger partial charge in [-0.1, -0.05) is 6.07 Å². The first-order chi connectivity index (χ1) is 16.0. The maximum absolute atomic E-state index is 13.3. The number of nitrogens with zero attached hydrogens (tertiary/aromatic N) is 2. The maximum Gasteiger partial charge on any atom is 0.433 e. The Morgan fingerprint density at radius 3 is 2.46 bits per heavy atom. The van der Waals surface area contributed by atoms with Gasteiger partial charge in [0.05, 0.1) is 10.5 Å². The highest BCUT2D eigenvalue weighted by Gasteiger charge is 2.63. The molecule has 1 saturated heterocycles. The van der Waals surface area contributed by atoms with Crippen molar-refractivity contribution in [2.24, 2.45) is 5.92 Å². The number of alkyl halides is 6. The number of amides is 1. The van der Waals surface area contributed by atoms with Gasteiger partial charge in [0.2, 0.25) is 0 Å². The summed E-state index contributed by atoms with van der Waals surface area (Å²) in [5.41, 5.74) is -2.05. The average molecular weight is 522 g/mol. The number of rotatable bonds is 5. The molecule has 1 aliphatic carbocycles. The second-order valence-corrected chi connectivity index (χ2v) is 10.9. The van der Waals surface area contributed by atoms with Crippen LogP contribution < -0.4 is 4.74 Å². The Bertz CT molecular complexity index is 1280. The Morgan fingerprint density at radius 2 is 1.86 bits per heavy atom. The molecule has 0 N–H and O–H groups in total. The first kappa shape index (κ1) is 25.3. The number of hydrogen-bond acceptors (Lipinski definition) is 5. The molecular formula is C22H20F6N2O4S. The van der Waals surface area contributed by atoms with Crippen molar-refractivity contribution in [2.45, 2.75) is 42.1 Å². The molecule has 3 unspecified atom stereocenters. The normalized spacial score (nSPS) is 23.1. The molecule has 1 amide bonds. The Hall–Kier alpha value is -2.83. The average Bonchev–Trinajstić information content (AvgIpc) is 3.32. The van der Waals surface area contributed by atoms with Crippen LogP contribution in [0.4, 0.5) is 26.3 Å². The monoisotopic (exact) mass is 522 g/mol. The molecule has 1 saturated carbocycles. The van der Waals surface area contributed by atoms with Crippen LogP contribution in [-0.2, 0) is 21.4 Å². The molecule has 0 bridgehead atoms. The largest absolute Gasteiger partial charge is 0.480 e. The molecule has 2 fully saturated rings. The number of likely N-dealkylation sites (tertiary alicyclic amines) is 1. The molecule has 2 aromatic rings. The van der Waals surface area contributed by atoms with Crippen molar-refractivity contribution < 1.29 is 44.3 Å². The zero-order valence-corrected chi connectivity index (χ0v) is 19.3. The number of hydrogen-bond donors (Lipinski definition) is 0. The molecule has 4 rings (SSSR count). The number of ether oxygens (including phenoxy) is 1. The van der Waals surface area contributed by atoms with Gasteiger partial charge in [0, 0.05) is 30.5 Å². The highest BCUT2D eigenvalue weighted by atomic mass is 32.2. The fourth-order valence-electron chi connectivity index (χ4n) is 4.34. The molecule has 0 radical (unpaired) electrons. The summed E-state index contributed by atoms with van der Waals surface area (Å²) in [5.74, 6) is -1.41. The van der Waals surface area contributed by atoms with Gasteiger partial charge in [0.15, 0.2) is 15.9 Å². The van der Waals surface area contributed by atoms with Crippen molar-refractivity contribution >= 4 is 15.7 Å². The summed E-state index contributed by atoms with van der Waals surface area (Å²) in [6.45, 7) is 0.869. The lowest BCUT2D eigenvalue weighted by Gasteiger charge is -2.24. The van der Waals surface area contributed by atoms with E-state index in [0.717, 1.165) is 37.4 Å². The van der Waals surface area contributed by atoms with Gasteiger partial charge in [-0.05, 0) is 49.6 Å². The van der Waals surface area contributed by atoms with Crippen LogP contribution in [0.5, 0.6) is 5.75 Å². The molecule has 2 aliphatic rings. The molecule has 1 aromatic heterocycles. The van der Waals surface area contributed by atoms with Crippen molar-refractivity contribution in [3.8, 4) is 5.75 Å². The molecule has 3 atom stereocenters. The Labute approximate surface area is 196 Å². The first-order valence-corrected chi connectivity index (χ1v) is 12.3. The zero-order valence-electron chi connectivity index (χ0n) is 18.4. The second-order valence-electron chi connectivity index (χ2n) is 8.88. The van der Waals surface area contributed by atoms with Gasteiger partial charge in [-0.2, -0.15) is 26.3 Å². The zero-order chi connectivity index (χ0) is 26.0. The van der Waals surface area contributed by atoms with Crippen LogP contribution in [0, 0.1) is 5.92 Å². The van der Waals surface area contributed by atoms with Gasteiger partial charge >= 0.3 is 12.4 Å². The Morgan fingerprint density at radius 1 is 1.17 bits per heavy atom. The minimum Gasteiger partial charge on any atom is -0.480 e. The number of carbonyl (C=O) groups excluding carboxylic acids is 1. The summed E-state index contributed by atoms with van der Waals surface area (Å²) < 4.78 is 107. The lowest BCUT2D eigenvalue weighted by molar-refractivity contribution is -0.189. The molecule has 35 heavy (non-hydrogen) atoms. The molecule has 1 aromatic carbocycles. The number of benzene rings is 1. The third-order valence-corrected chi connectivity index (χ3v) is 7.47. The van der Waals surface area contributed by atoms with Gasteiger partial charge in [-0.25, -0.2) is 13.4 Å². The van der Waals surface area contributed by atoms with Crippen LogP contribution in [0.3, 0.4) is 0 Å². The number of carbonyl (C=O) groups is 1. The topological polar surface area (TPSA) is 76.6 Å². The van der Waals surface area contributed by atoms with E-state index >= 15 is 0 Å². The van der Waals surface area contributed by atoms with Crippen LogP contribution >= 0.6 is 0 Å². The third-order valence-electron chi connectivity index (χ3n) is 6.36. The quantitative estimate of drug-likeness (QED) is 0.549. The minimum atomic E-state index is -4.73. The van der Waals surface area contributed by atoms with Gasteiger partial charge in [0.1, 0.15) is 11.4 Å². The summed E-state index contributed by atoms with van der Waals surface area (Å²) >= 11 is 0. The standard InChI is InChI=1S/C22H20F6N2O4S/c1-12(21(23,24)25)34-16-7-6-14(35(2,32)33)8-15(16)19(31)30-10-13-9-20(13,11-30)17-4-3-5-18(29-17)22(26,27)28/h3-8,12-13H,9-11H2,1-2H3. The minimum absolute atomic E-state index is 0.0117. The fourth-order valence-corrected chi connectivity index (χ4v) is 4.99. The van der Waals surface area contributed by atoms with Crippen molar-refractivity contribution in [1.82, 2.24) is 9.88 Å². The van der Waals surface area contributed by atoms with E-state index in [-0.39, 0.29) is 35.2 Å². The molecule has 2 heterocycles. The molecular weight excluding hydrogens is 502 g/mol. The Kier molecular flexibility index (Phi) is 5.85. The van der Waals surface area contributed by atoms with E-state index in [1.165, 1.54) is 17.0 Å². The predicted octanol–water partition coefficient (Wildman–Crippen LogP) is 4.25. The molecule has 0 spiro atoms. The van der Waals surface area contributed by atoms with Crippen LogP contribution in [0.2, 0.25) is 0 Å². The third kappa shape index (κ3) is 4.82. The molecule has 6 nitrogen and oxygen atoms in total. The number of piperidine rings is 1. The highest BCUT2D eigenvalue weighted by Crippen LogP contribution is 2.59. The van der Waals surface area contributed by atoms with Crippen molar-refractivity contribution in [1.29, 1.82) is 0 Å². The maximum atomic E-state index is 13.3. The summed E-state index contributed by atoms with van der Waals surface area (Å²) in [7, 11) is -3.80. The van der Waals surface area contributed by atoms with E-state index in [1.54, 1.807) is 0 Å². The van der Waals surface area contributed by atoms with Crippen molar-refractivity contribution in [3.05, 3.63) is 53.3 Å². The summed E-state index contributed by atoms with van der Waals surface area (Å²) in [5, 5.41) is 0. The summed E-state index contributed by atoms with van der Waals surface area (Å²) in [6, 6.07) is 6.52. The van der Waals surface area contributed by atoms with Gasteiger partial charge in [-0.3, -0.25) is 4.79 Å². The van der Waals surface area contributed by atoms with Crippen molar-refractivity contribution in [2.75, 3.05) is 19.3 Å². The number of pyridine rings is 1. The molecule has 190 valence electrons. The molecule has 13 heteroatoms. The van der Waals surface area contributed by atoms with Gasteiger partial charge in [-0.15, -0.1) is 0 Å². The SMILES string of the molecule is CC(Oc1ccc(S(C)(=O)=O)cc1C(=O)N1CC2CC2(c2cccc(C(F)(F)F)n2)C1)C(F)(F)F. The number of aromatic nitrogens is 1. The van der Waals surface area contributed by atoms with E-state index in [2.05, 4.69) is 4.98 Å². The van der Waals surface area contributed by atoms with E-state index in [4.69, 9.17) is 4.74 Å². The van der Waals surface area contributed by atoms with Crippen LogP contribution in [0.25, 0.3) is 0 Å². The van der Waals surface area contributed by atoms with E-state index in [9.17, 15) is 39.6 Å². The van der Waals surface area contributed by atoms with Gasteiger partial charge < -0.3 is 9.64 Å². The number of sulfone groups is 1. The van der Waals surface area contributed by atoms with Gasteiger partial charge in [0.25, 0.3) is 5.91 Å². The van der Waals surface area contributed by atoms with E-state index in [0.29, 0.717) is 6.42 Å². The second kappa shape index (κ2) is 8.10. The van der Waals surface area contributed by atoms with E-state index < -0.39 is 51.1 Å². The number of fused-ring (bicyclic) bond motifs is 1. The lowest BCUT2D eigenvalue weighted by Crippen LogP contribution is -2.35. The van der Waals surface area contributed by atoms with Crippen molar-refractivity contribution in [3.63, 3.8) is 0 Å². The predicted molar refractivity (Wildman–Crippen MR) is 111 cm³/mol. The summed E-state index contributed by atoms with van der Waals surface area (Å²) in [6.07, 6.45) is -10.3. The Balaban J connectivity index is 1.65. The number of halogens is 6. The van der Waals surface area contributed by atoms with Crippen LogP contribution in [0.15, 0.2) is 41.3 Å². The van der Waals surface area contributed by atoms with E-state index in [1.807, 2.05) is 0 Å². The molecule has 1 aliphatic heterocycles. The van der Waals surface area contributed by atoms with Crippen LogP contribution in [0.1, 0.15) is 35.1 Å². The smallest absolute Gasteiger partial charge is 0.433 e. The fraction of sp³-hybridized carbons (Fsp3) is 0.455. The van der Waals surface area contributed by atoms with Crippen LogP contribution in [-0.4, -0.2) is 55.8 Å². The highest BCUT2D eigenvalue weighted by molar-refractivity contribution is 7.90.